The molecule has 0 spiro atoms. The van der Waals surface area contributed by atoms with Crippen molar-refractivity contribution in [3.8, 4) is 28.4 Å². The zero-order chi connectivity index (χ0) is 16.1. The van der Waals surface area contributed by atoms with Crippen LogP contribution in [0.1, 0.15) is 22.7 Å². The average molecular weight is 311 g/mol. The van der Waals surface area contributed by atoms with E-state index in [0.29, 0.717) is 11.8 Å². The van der Waals surface area contributed by atoms with Crippen LogP contribution < -0.4 is 9.47 Å². The van der Waals surface area contributed by atoms with Gasteiger partial charge >= 0.3 is 0 Å². The highest BCUT2D eigenvalue weighted by atomic mass is 16.5. The zero-order valence-electron chi connectivity index (χ0n) is 13.7. The van der Waals surface area contributed by atoms with Crippen molar-refractivity contribution in [2.24, 2.45) is 0 Å². The molecule has 0 fully saturated rings. The highest BCUT2D eigenvalue weighted by molar-refractivity contribution is 5.86. The molecule has 2 aromatic carbocycles. The Balaban J connectivity index is 2.10. The first-order chi connectivity index (χ1) is 11.2. The lowest BCUT2D eigenvalue weighted by Gasteiger charge is -2.40. The maximum atomic E-state index is 10.9. The van der Waals surface area contributed by atoms with E-state index in [1.165, 1.54) is 16.7 Å². The van der Waals surface area contributed by atoms with E-state index in [2.05, 4.69) is 18.0 Å². The van der Waals surface area contributed by atoms with Crippen LogP contribution in [0.15, 0.2) is 24.3 Å². The summed E-state index contributed by atoms with van der Waals surface area (Å²) in [7, 11) is 5.44. The Labute approximate surface area is 136 Å². The van der Waals surface area contributed by atoms with Crippen LogP contribution in [-0.4, -0.2) is 37.8 Å². The van der Waals surface area contributed by atoms with Crippen molar-refractivity contribution in [1.29, 1.82) is 0 Å². The molecular weight excluding hydrogens is 290 g/mol. The first-order valence-corrected chi connectivity index (χ1v) is 7.95. The molecule has 2 aliphatic rings. The van der Waals surface area contributed by atoms with Crippen molar-refractivity contribution in [2.75, 3.05) is 27.8 Å². The highest BCUT2D eigenvalue weighted by Gasteiger charge is 2.36. The van der Waals surface area contributed by atoms with Crippen molar-refractivity contribution in [1.82, 2.24) is 4.90 Å². The lowest BCUT2D eigenvalue weighted by molar-refractivity contribution is 0.226. The molecule has 4 nitrogen and oxygen atoms in total. The molecule has 1 aliphatic carbocycles. The number of ether oxygens (including phenoxy) is 2. The Morgan fingerprint density at radius 2 is 1.87 bits per heavy atom. The molecule has 23 heavy (non-hydrogen) atoms. The zero-order valence-corrected chi connectivity index (χ0v) is 13.7. The quantitative estimate of drug-likeness (QED) is 0.925. The molecule has 0 aromatic heterocycles. The fraction of sp³-hybridized carbons (Fsp3) is 0.368. The van der Waals surface area contributed by atoms with Gasteiger partial charge in [0.15, 0.2) is 11.5 Å². The number of phenolic OH excluding ortho intramolecular Hbond substituents is 1. The van der Waals surface area contributed by atoms with Crippen LogP contribution in [0.5, 0.6) is 17.2 Å². The number of rotatable bonds is 2. The van der Waals surface area contributed by atoms with E-state index < -0.39 is 0 Å². The maximum Gasteiger partial charge on any atom is 0.166 e. The second-order valence-electron chi connectivity index (χ2n) is 6.32. The van der Waals surface area contributed by atoms with Gasteiger partial charge in [-0.1, -0.05) is 12.1 Å². The summed E-state index contributed by atoms with van der Waals surface area (Å²) < 4.78 is 11.0. The van der Waals surface area contributed by atoms with Gasteiger partial charge in [-0.05, 0) is 48.7 Å². The SMILES string of the molecule is COc1cc2c3c(c1O)-c1c(cccc1OC)C[C@H]3N(C)CC2. The molecule has 4 heteroatoms. The van der Waals surface area contributed by atoms with E-state index in [1.54, 1.807) is 14.2 Å². The third-order valence-electron chi connectivity index (χ3n) is 5.21. The van der Waals surface area contributed by atoms with Crippen LogP contribution in [0.25, 0.3) is 11.1 Å². The van der Waals surface area contributed by atoms with Crippen LogP contribution in [-0.2, 0) is 12.8 Å². The van der Waals surface area contributed by atoms with Crippen molar-refractivity contribution in [3.63, 3.8) is 0 Å². The minimum atomic E-state index is 0.219. The van der Waals surface area contributed by atoms with Gasteiger partial charge in [0.1, 0.15) is 5.75 Å². The summed E-state index contributed by atoms with van der Waals surface area (Å²) in [6, 6.07) is 8.39. The number of fused-ring (bicyclic) bond motifs is 2. The van der Waals surface area contributed by atoms with Gasteiger partial charge in [0.25, 0.3) is 0 Å². The van der Waals surface area contributed by atoms with E-state index in [-0.39, 0.29) is 5.75 Å². The van der Waals surface area contributed by atoms with Gasteiger partial charge in [-0.3, -0.25) is 4.90 Å². The third kappa shape index (κ3) is 1.94. The summed E-state index contributed by atoms with van der Waals surface area (Å²) in [5, 5.41) is 10.9. The molecule has 120 valence electrons. The Hall–Kier alpha value is -2.20. The normalized spacial score (nSPS) is 19.0. The third-order valence-corrected chi connectivity index (χ3v) is 5.21. The lowest BCUT2D eigenvalue weighted by atomic mass is 9.76. The molecule has 1 heterocycles. The maximum absolute atomic E-state index is 10.9. The van der Waals surface area contributed by atoms with Gasteiger partial charge in [-0.25, -0.2) is 0 Å². The van der Waals surface area contributed by atoms with Gasteiger partial charge in [0, 0.05) is 23.7 Å². The summed E-state index contributed by atoms with van der Waals surface area (Å²) in [5.41, 5.74) is 5.61. The Bertz CT molecular complexity index is 785. The first-order valence-electron chi connectivity index (χ1n) is 7.95. The van der Waals surface area contributed by atoms with E-state index in [0.717, 1.165) is 36.3 Å². The fourth-order valence-corrected chi connectivity index (χ4v) is 4.05. The number of methoxy groups -OCH3 is 2. The van der Waals surface area contributed by atoms with E-state index in [9.17, 15) is 5.11 Å². The number of nitrogens with zero attached hydrogens (tertiary/aromatic N) is 1. The molecule has 4 rings (SSSR count). The highest BCUT2D eigenvalue weighted by Crippen LogP contribution is 2.54. The number of hydrogen-bond donors (Lipinski definition) is 1. The molecule has 0 saturated heterocycles. The predicted octanol–water partition coefficient (Wildman–Crippen LogP) is 3.16. The first kappa shape index (κ1) is 14.4. The molecule has 1 atom stereocenters. The van der Waals surface area contributed by atoms with Crippen molar-refractivity contribution in [3.05, 3.63) is 41.0 Å². The molecule has 0 bridgehead atoms. The number of likely N-dealkylation sites (N-methyl/N-ethyl adjacent to an activating group) is 1. The van der Waals surface area contributed by atoms with Crippen LogP contribution >= 0.6 is 0 Å². The van der Waals surface area contributed by atoms with Crippen molar-refractivity contribution < 1.29 is 14.6 Å². The molecule has 0 unspecified atom stereocenters. The van der Waals surface area contributed by atoms with Crippen LogP contribution in [0, 0.1) is 0 Å². The van der Waals surface area contributed by atoms with E-state index >= 15 is 0 Å². The summed E-state index contributed by atoms with van der Waals surface area (Å²) in [4.78, 5) is 2.38. The number of phenols is 1. The average Bonchev–Trinajstić information content (AvgIpc) is 2.58. The Morgan fingerprint density at radius 3 is 2.61 bits per heavy atom. The summed E-state index contributed by atoms with van der Waals surface area (Å²) >= 11 is 0. The predicted molar refractivity (Wildman–Crippen MR) is 89.4 cm³/mol. The number of hydrogen-bond acceptors (Lipinski definition) is 4. The Kier molecular flexibility index (Phi) is 3.23. The van der Waals surface area contributed by atoms with Gasteiger partial charge in [-0.2, -0.15) is 0 Å². The lowest BCUT2D eigenvalue weighted by Crippen LogP contribution is -2.35. The minimum Gasteiger partial charge on any atom is -0.504 e. The molecule has 0 amide bonds. The monoisotopic (exact) mass is 311 g/mol. The van der Waals surface area contributed by atoms with E-state index in [1.807, 2.05) is 18.2 Å². The van der Waals surface area contributed by atoms with E-state index in [4.69, 9.17) is 9.47 Å². The minimum absolute atomic E-state index is 0.219. The van der Waals surface area contributed by atoms with Crippen LogP contribution in [0.2, 0.25) is 0 Å². The molecular formula is C19H21NO3. The largest absolute Gasteiger partial charge is 0.504 e. The summed E-state index contributed by atoms with van der Waals surface area (Å²) in [6.45, 7) is 1.02. The van der Waals surface area contributed by atoms with Gasteiger partial charge < -0.3 is 14.6 Å². The number of benzene rings is 2. The standard InChI is InChI=1S/C19H21NO3/c1-20-8-7-12-10-15(23-3)19(21)18-16(12)13(20)9-11-5-4-6-14(22-2)17(11)18/h4-6,10,13,21H,7-9H2,1-3H3/t13-/m1/s1. The number of aromatic hydroxyl groups is 1. The van der Waals surface area contributed by atoms with Crippen LogP contribution in [0.3, 0.4) is 0 Å². The Morgan fingerprint density at radius 1 is 1.09 bits per heavy atom. The molecule has 1 N–H and O–H groups in total. The van der Waals surface area contributed by atoms with Gasteiger partial charge in [0.2, 0.25) is 0 Å². The molecule has 0 radical (unpaired) electrons. The fourth-order valence-electron chi connectivity index (χ4n) is 4.05. The van der Waals surface area contributed by atoms with Crippen molar-refractivity contribution >= 4 is 0 Å². The summed E-state index contributed by atoms with van der Waals surface area (Å²) in [6.07, 6.45) is 1.91. The van der Waals surface area contributed by atoms with Gasteiger partial charge in [0.05, 0.1) is 14.2 Å². The second-order valence-corrected chi connectivity index (χ2v) is 6.32. The molecule has 2 aromatic rings. The molecule has 1 aliphatic heterocycles. The van der Waals surface area contributed by atoms with Crippen LogP contribution in [0.4, 0.5) is 0 Å². The van der Waals surface area contributed by atoms with Crippen molar-refractivity contribution in [2.45, 2.75) is 18.9 Å². The molecule has 0 saturated carbocycles. The topological polar surface area (TPSA) is 41.9 Å². The van der Waals surface area contributed by atoms with Gasteiger partial charge in [-0.15, -0.1) is 0 Å². The smallest absolute Gasteiger partial charge is 0.166 e. The second kappa shape index (κ2) is 5.17. The summed E-state index contributed by atoms with van der Waals surface area (Å²) in [5.74, 6) is 1.57.